The average Bonchev–Trinajstić information content (AvgIpc) is 2.24. The van der Waals surface area contributed by atoms with Gasteiger partial charge in [0.05, 0.1) is 5.69 Å². The lowest BCUT2D eigenvalue weighted by atomic mass is 10.2. The van der Waals surface area contributed by atoms with Crippen molar-refractivity contribution in [1.29, 1.82) is 0 Å². The van der Waals surface area contributed by atoms with Gasteiger partial charge in [-0.15, -0.1) is 0 Å². The Labute approximate surface area is 86.8 Å². The van der Waals surface area contributed by atoms with Gasteiger partial charge in [-0.25, -0.2) is 9.37 Å². The molecule has 0 saturated heterocycles. The standard InChI is InChI=1S/C11H10FN3/c12-9-7-8(13)4-5-10(9)15-11-3-1-2-6-14-11/h1-7H,13H2,(H,14,15). The number of pyridine rings is 1. The van der Waals surface area contributed by atoms with Crippen LogP contribution in [-0.2, 0) is 0 Å². The average molecular weight is 203 g/mol. The summed E-state index contributed by atoms with van der Waals surface area (Å²) in [7, 11) is 0. The van der Waals surface area contributed by atoms with E-state index in [0.717, 1.165) is 0 Å². The van der Waals surface area contributed by atoms with Crippen molar-refractivity contribution in [3.05, 3.63) is 48.4 Å². The molecular weight excluding hydrogens is 193 g/mol. The minimum absolute atomic E-state index is 0.364. The fourth-order valence-electron chi connectivity index (χ4n) is 1.21. The lowest BCUT2D eigenvalue weighted by molar-refractivity contribution is 0.632. The molecule has 0 spiro atoms. The van der Waals surface area contributed by atoms with E-state index in [0.29, 0.717) is 17.2 Å². The van der Waals surface area contributed by atoms with E-state index in [1.807, 2.05) is 6.07 Å². The van der Waals surface area contributed by atoms with Crippen molar-refractivity contribution in [1.82, 2.24) is 4.98 Å². The molecule has 0 bridgehead atoms. The van der Waals surface area contributed by atoms with Gasteiger partial charge in [0.15, 0.2) is 0 Å². The van der Waals surface area contributed by atoms with Gasteiger partial charge in [0, 0.05) is 11.9 Å². The SMILES string of the molecule is Nc1ccc(Nc2ccccn2)c(F)c1. The summed E-state index contributed by atoms with van der Waals surface area (Å²) in [6.45, 7) is 0. The molecule has 15 heavy (non-hydrogen) atoms. The molecule has 0 aliphatic rings. The third kappa shape index (κ3) is 2.22. The summed E-state index contributed by atoms with van der Waals surface area (Å²) >= 11 is 0. The number of nitrogens with two attached hydrogens (primary N) is 1. The van der Waals surface area contributed by atoms with E-state index in [1.165, 1.54) is 6.07 Å². The molecule has 0 atom stereocenters. The molecule has 0 aliphatic carbocycles. The van der Waals surface area contributed by atoms with Crippen molar-refractivity contribution < 1.29 is 4.39 Å². The van der Waals surface area contributed by atoms with Crippen molar-refractivity contribution in [2.24, 2.45) is 0 Å². The van der Waals surface area contributed by atoms with Gasteiger partial charge >= 0.3 is 0 Å². The monoisotopic (exact) mass is 203 g/mol. The Morgan fingerprint density at radius 2 is 2.07 bits per heavy atom. The summed E-state index contributed by atoms with van der Waals surface area (Å²) in [4.78, 5) is 4.03. The summed E-state index contributed by atoms with van der Waals surface area (Å²) in [6.07, 6.45) is 1.64. The summed E-state index contributed by atoms with van der Waals surface area (Å²) in [5.74, 6) is 0.210. The molecule has 3 nitrogen and oxygen atoms in total. The van der Waals surface area contributed by atoms with Gasteiger partial charge in [-0.2, -0.15) is 0 Å². The van der Waals surface area contributed by atoms with Crippen LogP contribution in [0.15, 0.2) is 42.6 Å². The Hall–Kier alpha value is -2.10. The lowest BCUT2D eigenvalue weighted by Crippen LogP contribution is -1.96. The first-order valence-electron chi connectivity index (χ1n) is 4.49. The number of benzene rings is 1. The fraction of sp³-hybridized carbons (Fsp3) is 0. The van der Waals surface area contributed by atoms with Crippen LogP contribution in [-0.4, -0.2) is 4.98 Å². The van der Waals surface area contributed by atoms with Gasteiger partial charge in [-0.3, -0.25) is 0 Å². The van der Waals surface area contributed by atoms with E-state index >= 15 is 0 Å². The maximum absolute atomic E-state index is 13.4. The van der Waals surface area contributed by atoms with Crippen LogP contribution in [0.4, 0.5) is 21.6 Å². The van der Waals surface area contributed by atoms with E-state index in [-0.39, 0.29) is 5.82 Å². The topological polar surface area (TPSA) is 50.9 Å². The van der Waals surface area contributed by atoms with E-state index in [2.05, 4.69) is 10.3 Å². The highest BCUT2D eigenvalue weighted by Crippen LogP contribution is 2.20. The summed E-state index contributed by atoms with van der Waals surface area (Å²) in [6, 6.07) is 9.86. The molecule has 2 aromatic rings. The molecule has 76 valence electrons. The number of nitrogens with one attached hydrogen (secondary N) is 1. The number of hydrogen-bond donors (Lipinski definition) is 2. The second kappa shape index (κ2) is 3.96. The first-order valence-corrected chi connectivity index (χ1v) is 4.49. The van der Waals surface area contributed by atoms with Crippen LogP contribution in [0.3, 0.4) is 0 Å². The van der Waals surface area contributed by atoms with Crippen molar-refractivity contribution in [3.8, 4) is 0 Å². The van der Waals surface area contributed by atoms with E-state index in [1.54, 1.807) is 30.5 Å². The number of hydrogen-bond acceptors (Lipinski definition) is 3. The van der Waals surface area contributed by atoms with Gasteiger partial charge in [0.2, 0.25) is 0 Å². The highest BCUT2D eigenvalue weighted by Gasteiger charge is 2.02. The van der Waals surface area contributed by atoms with Crippen LogP contribution in [0.1, 0.15) is 0 Å². The van der Waals surface area contributed by atoms with Crippen LogP contribution in [0.5, 0.6) is 0 Å². The largest absolute Gasteiger partial charge is 0.399 e. The predicted octanol–water partition coefficient (Wildman–Crippen LogP) is 2.55. The number of nitrogen functional groups attached to an aromatic ring is 1. The Morgan fingerprint density at radius 1 is 1.20 bits per heavy atom. The highest BCUT2D eigenvalue weighted by molar-refractivity contribution is 5.59. The summed E-state index contributed by atoms with van der Waals surface area (Å²) in [5, 5.41) is 2.86. The molecule has 4 heteroatoms. The normalized spacial score (nSPS) is 9.93. The minimum atomic E-state index is -0.388. The fourth-order valence-corrected chi connectivity index (χ4v) is 1.21. The van der Waals surface area contributed by atoms with E-state index < -0.39 is 0 Å². The van der Waals surface area contributed by atoms with Crippen LogP contribution >= 0.6 is 0 Å². The van der Waals surface area contributed by atoms with Crippen LogP contribution < -0.4 is 11.1 Å². The molecular formula is C11H10FN3. The molecule has 0 aliphatic heterocycles. The first-order chi connectivity index (χ1) is 7.25. The third-order valence-electron chi connectivity index (χ3n) is 1.92. The molecule has 0 amide bonds. The van der Waals surface area contributed by atoms with Crippen LogP contribution in [0, 0.1) is 5.82 Å². The zero-order valence-corrected chi connectivity index (χ0v) is 7.94. The quantitative estimate of drug-likeness (QED) is 0.737. The molecule has 1 heterocycles. The van der Waals surface area contributed by atoms with Gasteiger partial charge in [-0.05, 0) is 30.3 Å². The maximum Gasteiger partial charge on any atom is 0.148 e. The van der Waals surface area contributed by atoms with Gasteiger partial charge in [0.1, 0.15) is 11.6 Å². The Bertz CT molecular complexity index is 457. The summed E-state index contributed by atoms with van der Waals surface area (Å²) < 4.78 is 13.4. The second-order valence-corrected chi connectivity index (χ2v) is 3.08. The summed E-state index contributed by atoms with van der Waals surface area (Å²) in [5.41, 5.74) is 6.20. The zero-order chi connectivity index (χ0) is 10.7. The lowest BCUT2D eigenvalue weighted by Gasteiger charge is -2.06. The van der Waals surface area contributed by atoms with E-state index in [9.17, 15) is 4.39 Å². The number of halogens is 1. The molecule has 3 N–H and O–H groups in total. The van der Waals surface area contributed by atoms with Crippen LogP contribution in [0.25, 0.3) is 0 Å². The molecule has 1 aromatic carbocycles. The van der Waals surface area contributed by atoms with Crippen molar-refractivity contribution in [3.63, 3.8) is 0 Å². The van der Waals surface area contributed by atoms with E-state index in [4.69, 9.17) is 5.73 Å². The van der Waals surface area contributed by atoms with Crippen molar-refractivity contribution >= 4 is 17.2 Å². The minimum Gasteiger partial charge on any atom is -0.399 e. The molecule has 0 saturated carbocycles. The molecule has 0 fully saturated rings. The number of rotatable bonds is 2. The Balaban J connectivity index is 2.25. The maximum atomic E-state index is 13.4. The number of aromatic nitrogens is 1. The highest BCUT2D eigenvalue weighted by atomic mass is 19.1. The molecule has 2 rings (SSSR count). The molecule has 1 aromatic heterocycles. The van der Waals surface area contributed by atoms with Crippen molar-refractivity contribution in [2.45, 2.75) is 0 Å². The van der Waals surface area contributed by atoms with Crippen molar-refractivity contribution in [2.75, 3.05) is 11.1 Å². The molecule has 0 unspecified atom stereocenters. The Kier molecular flexibility index (Phi) is 2.49. The van der Waals surface area contributed by atoms with Gasteiger partial charge in [-0.1, -0.05) is 6.07 Å². The predicted molar refractivity (Wildman–Crippen MR) is 58.3 cm³/mol. The Morgan fingerprint density at radius 3 is 2.73 bits per heavy atom. The van der Waals surface area contributed by atoms with Gasteiger partial charge in [0.25, 0.3) is 0 Å². The van der Waals surface area contributed by atoms with Gasteiger partial charge < -0.3 is 11.1 Å². The zero-order valence-electron chi connectivity index (χ0n) is 7.94. The second-order valence-electron chi connectivity index (χ2n) is 3.08. The number of nitrogens with zero attached hydrogens (tertiary/aromatic N) is 1. The number of anilines is 3. The molecule has 0 radical (unpaired) electrons. The third-order valence-corrected chi connectivity index (χ3v) is 1.92. The van der Waals surface area contributed by atoms with Crippen LogP contribution in [0.2, 0.25) is 0 Å². The first kappa shape index (κ1) is 9.45. The smallest absolute Gasteiger partial charge is 0.148 e.